The van der Waals surface area contributed by atoms with E-state index in [2.05, 4.69) is 40.1 Å². The van der Waals surface area contributed by atoms with Gasteiger partial charge in [-0.1, -0.05) is 54.6 Å². The van der Waals surface area contributed by atoms with Crippen molar-refractivity contribution >= 4 is 50.5 Å². The van der Waals surface area contributed by atoms with E-state index in [1.54, 1.807) is 20.3 Å². The highest BCUT2D eigenvalue weighted by Crippen LogP contribution is 2.58. The lowest BCUT2D eigenvalue weighted by molar-refractivity contribution is 0.402. The zero-order valence-corrected chi connectivity index (χ0v) is 24.0. The number of methoxy groups -OCH3 is 2. The molecule has 0 N–H and O–H groups in total. The normalized spacial score (nSPS) is 13.8. The van der Waals surface area contributed by atoms with Gasteiger partial charge in [0, 0.05) is 54.0 Å². The van der Waals surface area contributed by atoms with Crippen LogP contribution in [0.5, 0.6) is 11.5 Å². The number of ether oxygens (including phenoxy) is 2. The van der Waals surface area contributed by atoms with E-state index in [1.165, 1.54) is 0 Å². The Morgan fingerprint density at radius 3 is 2.05 bits per heavy atom. The van der Waals surface area contributed by atoms with E-state index >= 15 is 0 Å². The SMILES string of the molecule is Br.COc1cccc2c1C(c1ccc(F)c3ccccc13)c1c(OC)cc(N(C)C)cc1N2c1ccccc1. The highest BCUT2D eigenvalue weighted by Gasteiger charge is 2.38. The predicted octanol–water partition coefficient (Wildman–Crippen LogP) is 8.60. The van der Waals surface area contributed by atoms with Gasteiger partial charge in [0.2, 0.25) is 0 Å². The second-order valence-corrected chi connectivity index (χ2v) is 9.65. The van der Waals surface area contributed by atoms with Gasteiger partial charge in [-0.05, 0) is 47.3 Å². The van der Waals surface area contributed by atoms with Crippen LogP contribution in [0.2, 0.25) is 0 Å². The quantitative estimate of drug-likeness (QED) is 0.202. The van der Waals surface area contributed by atoms with Crippen molar-refractivity contribution in [3.63, 3.8) is 0 Å². The van der Waals surface area contributed by atoms with Crippen LogP contribution < -0.4 is 19.3 Å². The Kier molecular flexibility index (Phi) is 7.23. The molecule has 0 radical (unpaired) electrons. The molecule has 0 saturated heterocycles. The van der Waals surface area contributed by atoms with E-state index in [4.69, 9.17) is 9.47 Å². The largest absolute Gasteiger partial charge is 0.496 e. The molecule has 5 aromatic rings. The second-order valence-electron chi connectivity index (χ2n) is 9.65. The Hall–Kier alpha value is -4.03. The van der Waals surface area contributed by atoms with Crippen molar-refractivity contribution in [1.29, 1.82) is 0 Å². The summed E-state index contributed by atoms with van der Waals surface area (Å²) in [4.78, 5) is 4.35. The van der Waals surface area contributed by atoms with Crippen LogP contribution >= 0.6 is 17.0 Å². The van der Waals surface area contributed by atoms with Gasteiger partial charge in [0.25, 0.3) is 0 Å². The molecule has 1 atom stereocenters. The van der Waals surface area contributed by atoms with Gasteiger partial charge in [0.05, 0.1) is 25.6 Å². The van der Waals surface area contributed by atoms with Crippen molar-refractivity contribution in [3.05, 3.63) is 120 Å². The van der Waals surface area contributed by atoms with E-state index in [0.29, 0.717) is 5.39 Å². The number of para-hydroxylation sites is 1. The lowest BCUT2D eigenvalue weighted by atomic mass is 9.77. The van der Waals surface area contributed by atoms with Gasteiger partial charge < -0.3 is 19.3 Å². The van der Waals surface area contributed by atoms with Crippen molar-refractivity contribution in [2.45, 2.75) is 5.92 Å². The van der Waals surface area contributed by atoms with Crippen molar-refractivity contribution < 1.29 is 13.9 Å². The minimum absolute atomic E-state index is 0. The molecule has 0 spiro atoms. The highest BCUT2D eigenvalue weighted by atomic mass is 79.9. The molecular formula is C33H30BrFN2O2. The average molecular weight is 586 g/mol. The van der Waals surface area contributed by atoms with Crippen LogP contribution in [0.15, 0.2) is 97.1 Å². The molecule has 198 valence electrons. The molecule has 1 heterocycles. The number of hydrogen-bond acceptors (Lipinski definition) is 4. The topological polar surface area (TPSA) is 24.9 Å². The smallest absolute Gasteiger partial charge is 0.131 e. The highest BCUT2D eigenvalue weighted by molar-refractivity contribution is 8.93. The Balaban J connectivity index is 0.00000308. The van der Waals surface area contributed by atoms with E-state index in [9.17, 15) is 4.39 Å². The van der Waals surface area contributed by atoms with Gasteiger partial charge in [-0.2, -0.15) is 0 Å². The summed E-state index contributed by atoms with van der Waals surface area (Å²) in [5, 5.41) is 1.46. The molecule has 6 rings (SSSR count). The van der Waals surface area contributed by atoms with E-state index in [1.807, 2.05) is 74.8 Å². The fraction of sp³-hybridized carbons (Fsp3) is 0.152. The molecule has 0 saturated carbocycles. The molecule has 6 heteroatoms. The maximum atomic E-state index is 15.0. The Bertz CT molecular complexity index is 1660. The Morgan fingerprint density at radius 2 is 1.36 bits per heavy atom. The molecule has 0 amide bonds. The van der Waals surface area contributed by atoms with Gasteiger partial charge >= 0.3 is 0 Å². The van der Waals surface area contributed by atoms with Crippen LogP contribution in [0, 0.1) is 5.82 Å². The summed E-state index contributed by atoms with van der Waals surface area (Å²) in [6.45, 7) is 0. The molecule has 1 aliphatic rings. The molecule has 0 aromatic heterocycles. The molecule has 0 bridgehead atoms. The number of hydrogen-bond donors (Lipinski definition) is 0. The van der Waals surface area contributed by atoms with Crippen LogP contribution in [0.1, 0.15) is 22.6 Å². The summed E-state index contributed by atoms with van der Waals surface area (Å²) in [6, 6.07) is 31.9. The fourth-order valence-corrected chi connectivity index (χ4v) is 5.67. The number of benzene rings is 5. The maximum Gasteiger partial charge on any atom is 0.131 e. The molecule has 1 unspecified atom stereocenters. The monoisotopic (exact) mass is 584 g/mol. The van der Waals surface area contributed by atoms with Crippen LogP contribution in [0.3, 0.4) is 0 Å². The van der Waals surface area contributed by atoms with Crippen LogP contribution in [0.25, 0.3) is 10.8 Å². The summed E-state index contributed by atoms with van der Waals surface area (Å²) in [5.41, 5.74) is 7.10. The minimum atomic E-state index is -0.257. The van der Waals surface area contributed by atoms with Gasteiger partial charge in [0.1, 0.15) is 17.3 Å². The molecule has 1 aliphatic heterocycles. The minimum Gasteiger partial charge on any atom is -0.496 e. The van der Waals surface area contributed by atoms with Gasteiger partial charge in [-0.15, -0.1) is 17.0 Å². The lowest BCUT2D eigenvalue weighted by Crippen LogP contribution is -2.24. The van der Waals surface area contributed by atoms with Crippen molar-refractivity contribution in [2.75, 3.05) is 38.1 Å². The first-order chi connectivity index (χ1) is 18.5. The lowest BCUT2D eigenvalue weighted by Gasteiger charge is -2.40. The summed E-state index contributed by atoms with van der Waals surface area (Å²) < 4.78 is 27.1. The van der Waals surface area contributed by atoms with E-state index in [0.717, 1.165) is 56.3 Å². The number of nitrogens with zero attached hydrogens (tertiary/aromatic N) is 2. The number of anilines is 4. The Morgan fingerprint density at radius 1 is 0.692 bits per heavy atom. The summed E-state index contributed by atoms with van der Waals surface area (Å²) in [6.07, 6.45) is 0. The fourth-order valence-electron chi connectivity index (χ4n) is 5.67. The zero-order valence-electron chi connectivity index (χ0n) is 22.3. The van der Waals surface area contributed by atoms with Gasteiger partial charge in [-0.25, -0.2) is 4.39 Å². The summed E-state index contributed by atoms with van der Waals surface area (Å²) >= 11 is 0. The average Bonchev–Trinajstić information content (AvgIpc) is 2.96. The third-order valence-corrected chi connectivity index (χ3v) is 7.39. The molecule has 0 fully saturated rings. The number of rotatable bonds is 5. The molecule has 5 aromatic carbocycles. The third-order valence-electron chi connectivity index (χ3n) is 7.39. The number of fused-ring (bicyclic) bond motifs is 3. The van der Waals surface area contributed by atoms with Crippen molar-refractivity contribution in [2.24, 2.45) is 0 Å². The maximum absolute atomic E-state index is 15.0. The van der Waals surface area contributed by atoms with Crippen molar-refractivity contribution in [3.8, 4) is 11.5 Å². The molecule has 0 aliphatic carbocycles. The van der Waals surface area contributed by atoms with E-state index < -0.39 is 0 Å². The Labute approximate surface area is 239 Å². The predicted molar refractivity (Wildman–Crippen MR) is 164 cm³/mol. The zero-order chi connectivity index (χ0) is 26.4. The van der Waals surface area contributed by atoms with Gasteiger partial charge in [0.15, 0.2) is 0 Å². The second kappa shape index (κ2) is 10.6. The first-order valence-electron chi connectivity index (χ1n) is 12.6. The first-order valence-corrected chi connectivity index (χ1v) is 12.6. The van der Waals surface area contributed by atoms with E-state index in [-0.39, 0.29) is 28.7 Å². The van der Waals surface area contributed by atoms with Crippen LogP contribution in [0.4, 0.5) is 27.1 Å². The molecule has 4 nitrogen and oxygen atoms in total. The van der Waals surface area contributed by atoms with Gasteiger partial charge in [-0.3, -0.25) is 0 Å². The van der Waals surface area contributed by atoms with Crippen LogP contribution in [-0.2, 0) is 0 Å². The number of halogens is 2. The molecular weight excluding hydrogens is 555 g/mol. The molecule has 39 heavy (non-hydrogen) atoms. The summed E-state index contributed by atoms with van der Waals surface area (Å²) in [5.74, 6) is 1.04. The van der Waals surface area contributed by atoms with Crippen molar-refractivity contribution in [1.82, 2.24) is 0 Å². The van der Waals surface area contributed by atoms with Crippen LogP contribution in [-0.4, -0.2) is 28.3 Å². The third kappa shape index (κ3) is 4.29. The first kappa shape index (κ1) is 26.6. The standard InChI is InChI=1S/C33H29FN2O2.BrH/c1-35(2)22-19-28-33(30(20-22)38-4)31(25-17-18-26(34)24-14-9-8-13-23(24)25)32-27(15-10-16-29(32)37-3)36(28)21-11-6-5-7-12-21;/h5-20,31H,1-4H3;1H. The summed E-state index contributed by atoms with van der Waals surface area (Å²) in [7, 11) is 7.46.